The third-order valence-corrected chi connectivity index (χ3v) is 3.72. The lowest BCUT2D eigenvalue weighted by molar-refractivity contribution is 0.204. The lowest BCUT2D eigenvalue weighted by Crippen LogP contribution is -2.27. The molecule has 0 unspecified atom stereocenters. The van der Waals surface area contributed by atoms with Gasteiger partial charge in [-0.1, -0.05) is 19.1 Å². The lowest BCUT2D eigenvalue weighted by atomic mass is 10.2. The Balaban J connectivity index is 2.74. The standard InChI is InChI=1S/C11H17NO3S/c1-3-10-4-6-11(7-5-10)16(13,14)12-8-9-15-2/h4-7,12H,3,8-9H2,1-2H3. The molecule has 16 heavy (non-hydrogen) atoms. The molecule has 1 aromatic rings. The average Bonchev–Trinajstić information content (AvgIpc) is 2.29. The molecule has 0 heterocycles. The molecular weight excluding hydrogens is 226 g/mol. The van der Waals surface area contributed by atoms with E-state index in [0.29, 0.717) is 11.5 Å². The molecule has 1 rings (SSSR count). The molecule has 1 aromatic carbocycles. The van der Waals surface area contributed by atoms with Crippen LogP contribution in [0.15, 0.2) is 29.2 Å². The highest BCUT2D eigenvalue weighted by atomic mass is 32.2. The molecule has 0 saturated heterocycles. The maximum Gasteiger partial charge on any atom is 0.240 e. The summed E-state index contributed by atoms with van der Waals surface area (Å²) in [6.45, 7) is 2.68. The summed E-state index contributed by atoms with van der Waals surface area (Å²) < 4.78 is 30.7. The molecule has 0 fully saturated rings. The van der Waals surface area contributed by atoms with Crippen molar-refractivity contribution in [2.75, 3.05) is 20.3 Å². The summed E-state index contributed by atoms with van der Waals surface area (Å²) in [7, 11) is -1.86. The van der Waals surface area contributed by atoms with Gasteiger partial charge in [0.1, 0.15) is 0 Å². The van der Waals surface area contributed by atoms with E-state index in [0.717, 1.165) is 12.0 Å². The smallest absolute Gasteiger partial charge is 0.240 e. The van der Waals surface area contributed by atoms with E-state index < -0.39 is 10.0 Å². The van der Waals surface area contributed by atoms with Crippen LogP contribution in [0.4, 0.5) is 0 Å². The molecule has 0 amide bonds. The first kappa shape index (κ1) is 13.2. The van der Waals surface area contributed by atoms with E-state index in [1.807, 2.05) is 19.1 Å². The molecule has 0 atom stereocenters. The third kappa shape index (κ3) is 3.59. The summed E-state index contributed by atoms with van der Waals surface area (Å²) in [6, 6.07) is 6.89. The highest BCUT2D eigenvalue weighted by Crippen LogP contribution is 2.10. The van der Waals surface area contributed by atoms with Crippen LogP contribution in [-0.4, -0.2) is 28.7 Å². The van der Waals surface area contributed by atoms with Crippen molar-refractivity contribution in [3.8, 4) is 0 Å². The van der Waals surface area contributed by atoms with Gasteiger partial charge in [0.2, 0.25) is 10.0 Å². The van der Waals surface area contributed by atoms with Crippen molar-refractivity contribution in [3.05, 3.63) is 29.8 Å². The Bertz CT molecular complexity index is 411. The summed E-state index contributed by atoms with van der Waals surface area (Å²) in [5, 5.41) is 0. The molecule has 0 aliphatic carbocycles. The van der Waals surface area contributed by atoms with E-state index in [9.17, 15) is 8.42 Å². The first-order chi connectivity index (χ1) is 7.60. The third-order valence-electron chi connectivity index (χ3n) is 2.24. The number of methoxy groups -OCH3 is 1. The van der Waals surface area contributed by atoms with Gasteiger partial charge in [-0.15, -0.1) is 0 Å². The number of hydrogen-bond donors (Lipinski definition) is 1. The molecule has 5 heteroatoms. The Labute approximate surface area is 96.7 Å². The Morgan fingerprint density at radius 3 is 2.38 bits per heavy atom. The number of hydrogen-bond acceptors (Lipinski definition) is 3. The van der Waals surface area contributed by atoms with Gasteiger partial charge in [-0.25, -0.2) is 13.1 Å². The van der Waals surface area contributed by atoms with Gasteiger partial charge in [0.05, 0.1) is 11.5 Å². The number of ether oxygens (including phenoxy) is 1. The molecule has 0 saturated carbocycles. The van der Waals surface area contributed by atoms with Crippen LogP contribution in [0.25, 0.3) is 0 Å². The van der Waals surface area contributed by atoms with Crippen LogP contribution in [-0.2, 0) is 21.2 Å². The molecule has 4 nitrogen and oxygen atoms in total. The van der Waals surface area contributed by atoms with Crippen molar-refractivity contribution in [2.24, 2.45) is 0 Å². The summed E-state index contributed by atoms with van der Waals surface area (Å²) >= 11 is 0. The molecule has 0 radical (unpaired) electrons. The summed E-state index contributed by atoms with van der Waals surface area (Å²) in [5.74, 6) is 0. The van der Waals surface area contributed by atoms with Crippen molar-refractivity contribution < 1.29 is 13.2 Å². The van der Waals surface area contributed by atoms with E-state index in [4.69, 9.17) is 4.74 Å². The summed E-state index contributed by atoms with van der Waals surface area (Å²) in [6.07, 6.45) is 0.900. The van der Waals surface area contributed by atoms with Crippen molar-refractivity contribution in [3.63, 3.8) is 0 Å². The van der Waals surface area contributed by atoms with Gasteiger partial charge in [0, 0.05) is 13.7 Å². The number of sulfonamides is 1. The molecular formula is C11H17NO3S. The van der Waals surface area contributed by atoms with E-state index >= 15 is 0 Å². The minimum Gasteiger partial charge on any atom is -0.383 e. The Hall–Kier alpha value is -0.910. The van der Waals surface area contributed by atoms with Gasteiger partial charge in [0.25, 0.3) is 0 Å². The Kier molecular flexibility index (Phi) is 4.92. The fraction of sp³-hybridized carbons (Fsp3) is 0.455. The summed E-state index contributed by atoms with van der Waals surface area (Å²) in [4.78, 5) is 0.292. The van der Waals surface area contributed by atoms with Crippen LogP contribution in [0.3, 0.4) is 0 Å². The minimum absolute atomic E-state index is 0.286. The normalized spacial score (nSPS) is 11.6. The monoisotopic (exact) mass is 243 g/mol. The zero-order chi connectivity index (χ0) is 12.0. The van der Waals surface area contributed by atoms with E-state index in [2.05, 4.69) is 4.72 Å². The van der Waals surface area contributed by atoms with E-state index in [-0.39, 0.29) is 6.54 Å². The fourth-order valence-electron chi connectivity index (χ4n) is 1.27. The predicted molar refractivity (Wildman–Crippen MR) is 62.9 cm³/mol. The zero-order valence-corrected chi connectivity index (χ0v) is 10.4. The van der Waals surface area contributed by atoms with Gasteiger partial charge in [0.15, 0.2) is 0 Å². The Morgan fingerprint density at radius 1 is 1.25 bits per heavy atom. The highest BCUT2D eigenvalue weighted by Gasteiger charge is 2.12. The van der Waals surface area contributed by atoms with Crippen LogP contribution < -0.4 is 4.72 Å². The highest BCUT2D eigenvalue weighted by molar-refractivity contribution is 7.89. The van der Waals surface area contributed by atoms with Gasteiger partial charge < -0.3 is 4.74 Å². The first-order valence-corrected chi connectivity index (χ1v) is 6.66. The van der Waals surface area contributed by atoms with Crippen LogP contribution in [0.5, 0.6) is 0 Å². The number of nitrogens with one attached hydrogen (secondary N) is 1. The summed E-state index contributed by atoms with van der Waals surface area (Å²) in [5.41, 5.74) is 1.12. The second-order valence-electron chi connectivity index (χ2n) is 3.39. The second kappa shape index (κ2) is 5.98. The van der Waals surface area contributed by atoms with Crippen molar-refractivity contribution in [2.45, 2.75) is 18.2 Å². The SMILES string of the molecule is CCc1ccc(S(=O)(=O)NCCOC)cc1. The lowest BCUT2D eigenvalue weighted by Gasteiger charge is -2.06. The second-order valence-corrected chi connectivity index (χ2v) is 5.16. The number of rotatable bonds is 6. The quantitative estimate of drug-likeness (QED) is 0.763. The van der Waals surface area contributed by atoms with Crippen LogP contribution in [0.1, 0.15) is 12.5 Å². The average molecular weight is 243 g/mol. The largest absolute Gasteiger partial charge is 0.383 e. The Morgan fingerprint density at radius 2 is 1.88 bits per heavy atom. The molecule has 0 bridgehead atoms. The van der Waals surface area contributed by atoms with Crippen LogP contribution in [0.2, 0.25) is 0 Å². The van der Waals surface area contributed by atoms with E-state index in [1.165, 1.54) is 7.11 Å². The van der Waals surface area contributed by atoms with Gasteiger partial charge in [-0.05, 0) is 24.1 Å². The fourth-order valence-corrected chi connectivity index (χ4v) is 2.28. The minimum atomic E-state index is -3.39. The molecule has 0 aliphatic rings. The van der Waals surface area contributed by atoms with Crippen LogP contribution in [0, 0.1) is 0 Å². The predicted octanol–water partition coefficient (Wildman–Crippen LogP) is 1.17. The molecule has 1 N–H and O–H groups in total. The maximum absolute atomic E-state index is 11.7. The van der Waals surface area contributed by atoms with Gasteiger partial charge in [-0.3, -0.25) is 0 Å². The van der Waals surface area contributed by atoms with Crippen molar-refractivity contribution in [1.29, 1.82) is 0 Å². The topological polar surface area (TPSA) is 55.4 Å². The molecule has 90 valence electrons. The van der Waals surface area contributed by atoms with Gasteiger partial charge in [-0.2, -0.15) is 0 Å². The molecule has 0 aliphatic heterocycles. The zero-order valence-electron chi connectivity index (χ0n) is 9.56. The first-order valence-electron chi connectivity index (χ1n) is 5.17. The number of benzene rings is 1. The maximum atomic E-state index is 11.7. The van der Waals surface area contributed by atoms with Crippen molar-refractivity contribution in [1.82, 2.24) is 4.72 Å². The van der Waals surface area contributed by atoms with Crippen molar-refractivity contribution >= 4 is 10.0 Å². The number of aryl methyl sites for hydroxylation is 1. The molecule has 0 aromatic heterocycles. The van der Waals surface area contributed by atoms with Gasteiger partial charge >= 0.3 is 0 Å². The van der Waals surface area contributed by atoms with E-state index in [1.54, 1.807) is 12.1 Å². The van der Waals surface area contributed by atoms with Crippen LogP contribution >= 0.6 is 0 Å². The molecule has 0 spiro atoms.